The number of nitrogens with one attached hydrogen (secondary N) is 1. The lowest BCUT2D eigenvalue weighted by Crippen LogP contribution is -2.40. The molecular formula is C19H21FN2O2. The van der Waals surface area contributed by atoms with Crippen molar-refractivity contribution in [2.24, 2.45) is 0 Å². The first-order chi connectivity index (χ1) is 11.6. The number of hydrogen-bond acceptors (Lipinski definition) is 2. The van der Waals surface area contributed by atoms with Crippen molar-refractivity contribution >= 4 is 17.5 Å². The monoisotopic (exact) mass is 328 g/mol. The van der Waals surface area contributed by atoms with Gasteiger partial charge in [-0.2, -0.15) is 0 Å². The summed E-state index contributed by atoms with van der Waals surface area (Å²) in [6, 6.07) is 15.5. The maximum absolute atomic E-state index is 13.0. The summed E-state index contributed by atoms with van der Waals surface area (Å²) in [5.41, 5.74) is 1.73. The van der Waals surface area contributed by atoms with Gasteiger partial charge >= 0.3 is 0 Å². The molecule has 1 N–H and O–H groups in total. The minimum atomic E-state index is -0.382. The minimum absolute atomic E-state index is 0.0771. The van der Waals surface area contributed by atoms with Crippen molar-refractivity contribution in [1.29, 1.82) is 0 Å². The number of carbonyl (C=O) groups excluding carboxylic acids is 2. The van der Waals surface area contributed by atoms with Crippen molar-refractivity contribution in [2.75, 3.05) is 18.0 Å². The van der Waals surface area contributed by atoms with E-state index in [2.05, 4.69) is 5.32 Å². The van der Waals surface area contributed by atoms with Gasteiger partial charge in [-0.05, 0) is 42.7 Å². The maximum atomic E-state index is 13.0. The second kappa shape index (κ2) is 8.82. The molecule has 0 bridgehead atoms. The molecule has 2 aromatic carbocycles. The van der Waals surface area contributed by atoms with Gasteiger partial charge in [0.2, 0.25) is 11.8 Å². The number of nitrogens with zero attached hydrogens (tertiary/aromatic N) is 1. The molecule has 2 aromatic rings. The molecular weight excluding hydrogens is 307 g/mol. The quantitative estimate of drug-likeness (QED) is 0.795. The fourth-order valence-corrected chi connectivity index (χ4v) is 2.37. The molecule has 0 aliphatic heterocycles. The van der Waals surface area contributed by atoms with Gasteiger partial charge in [0, 0.05) is 19.2 Å². The van der Waals surface area contributed by atoms with E-state index >= 15 is 0 Å². The van der Waals surface area contributed by atoms with Crippen LogP contribution in [-0.2, 0) is 16.0 Å². The van der Waals surface area contributed by atoms with Crippen LogP contribution < -0.4 is 10.2 Å². The van der Waals surface area contributed by atoms with Gasteiger partial charge in [-0.1, -0.05) is 30.3 Å². The zero-order valence-electron chi connectivity index (χ0n) is 13.7. The summed E-state index contributed by atoms with van der Waals surface area (Å²) in [5, 5.41) is 2.81. The van der Waals surface area contributed by atoms with Crippen LogP contribution in [0.1, 0.15) is 18.9 Å². The standard InChI is InChI=1S/C19H21FN2O2/c1-15(23)22(18-11-9-17(20)10-12-18)14-19(24)21-13-5-8-16-6-3-2-4-7-16/h2-4,6-7,9-12H,5,8,13-14H2,1H3,(H,21,24). The molecule has 0 radical (unpaired) electrons. The van der Waals surface area contributed by atoms with Gasteiger partial charge in [-0.25, -0.2) is 4.39 Å². The van der Waals surface area contributed by atoms with Crippen molar-refractivity contribution in [2.45, 2.75) is 19.8 Å². The van der Waals surface area contributed by atoms with Crippen LogP contribution in [0.3, 0.4) is 0 Å². The third-order valence-corrected chi connectivity index (χ3v) is 3.63. The molecule has 0 unspecified atom stereocenters. The van der Waals surface area contributed by atoms with E-state index in [1.807, 2.05) is 30.3 Å². The average Bonchev–Trinajstić information content (AvgIpc) is 2.58. The third kappa shape index (κ3) is 5.50. The molecule has 0 heterocycles. The average molecular weight is 328 g/mol. The van der Waals surface area contributed by atoms with Crippen LogP contribution in [0.2, 0.25) is 0 Å². The first-order valence-corrected chi connectivity index (χ1v) is 7.90. The van der Waals surface area contributed by atoms with Gasteiger partial charge in [0.05, 0.1) is 0 Å². The van der Waals surface area contributed by atoms with Crippen molar-refractivity contribution in [1.82, 2.24) is 5.32 Å². The third-order valence-electron chi connectivity index (χ3n) is 3.63. The molecule has 2 amide bonds. The molecule has 0 aliphatic rings. The van der Waals surface area contributed by atoms with E-state index in [0.29, 0.717) is 12.2 Å². The molecule has 0 saturated heterocycles. The van der Waals surface area contributed by atoms with E-state index in [1.165, 1.54) is 41.7 Å². The number of halogens is 1. The predicted molar refractivity (Wildman–Crippen MR) is 92.2 cm³/mol. The number of amides is 2. The van der Waals surface area contributed by atoms with Crippen molar-refractivity contribution < 1.29 is 14.0 Å². The van der Waals surface area contributed by atoms with E-state index in [-0.39, 0.29) is 24.2 Å². The predicted octanol–water partition coefficient (Wildman–Crippen LogP) is 2.93. The Morgan fingerprint density at radius 2 is 1.71 bits per heavy atom. The highest BCUT2D eigenvalue weighted by atomic mass is 19.1. The van der Waals surface area contributed by atoms with E-state index in [9.17, 15) is 14.0 Å². The number of anilines is 1. The summed E-state index contributed by atoms with van der Waals surface area (Å²) < 4.78 is 13.0. The van der Waals surface area contributed by atoms with E-state index in [1.54, 1.807) is 0 Å². The van der Waals surface area contributed by atoms with Gasteiger partial charge in [-0.15, -0.1) is 0 Å². The van der Waals surface area contributed by atoms with Crippen LogP contribution in [-0.4, -0.2) is 24.9 Å². The summed E-state index contributed by atoms with van der Waals surface area (Å²) in [7, 11) is 0. The van der Waals surface area contributed by atoms with Crippen molar-refractivity contribution in [3.05, 3.63) is 66.0 Å². The maximum Gasteiger partial charge on any atom is 0.240 e. The topological polar surface area (TPSA) is 49.4 Å². The van der Waals surface area contributed by atoms with Gasteiger partial charge in [0.1, 0.15) is 12.4 Å². The van der Waals surface area contributed by atoms with Crippen molar-refractivity contribution in [3.8, 4) is 0 Å². The molecule has 0 atom stereocenters. The zero-order chi connectivity index (χ0) is 17.4. The van der Waals surface area contributed by atoms with E-state index in [4.69, 9.17) is 0 Å². The highest BCUT2D eigenvalue weighted by Crippen LogP contribution is 2.14. The highest BCUT2D eigenvalue weighted by Gasteiger charge is 2.15. The lowest BCUT2D eigenvalue weighted by Gasteiger charge is -2.20. The molecule has 0 saturated carbocycles. The van der Waals surface area contributed by atoms with Crippen LogP contribution in [0.25, 0.3) is 0 Å². The molecule has 0 spiro atoms. The zero-order valence-corrected chi connectivity index (χ0v) is 13.7. The van der Waals surface area contributed by atoms with Crippen LogP contribution in [0.15, 0.2) is 54.6 Å². The van der Waals surface area contributed by atoms with E-state index in [0.717, 1.165) is 12.8 Å². The normalized spacial score (nSPS) is 10.2. The Balaban J connectivity index is 1.80. The van der Waals surface area contributed by atoms with E-state index < -0.39 is 0 Å². The first kappa shape index (κ1) is 17.7. The van der Waals surface area contributed by atoms with Crippen LogP contribution in [0.5, 0.6) is 0 Å². The summed E-state index contributed by atoms with van der Waals surface area (Å²) in [6.45, 7) is 1.85. The lowest BCUT2D eigenvalue weighted by atomic mass is 10.1. The summed E-state index contributed by atoms with van der Waals surface area (Å²) in [5.74, 6) is -0.878. The fraction of sp³-hybridized carbons (Fsp3) is 0.263. The second-order valence-corrected chi connectivity index (χ2v) is 5.52. The number of carbonyl (C=O) groups is 2. The Morgan fingerprint density at radius 1 is 1.04 bits per heavy atom. The Morgan fingerprint density at radius 3 is 2.33 bits per heavy atom. The number of aryl methyl sites for hydroxylation is 1. The summed E-state index contributed by atoms with van der Waals surface area (Å²) in [6.07, 6.45) is 1.71. The van der Waals surface area contributed by atoms with Gasteiger partial charge in [0.25, 0.3) is 0 Å². The molecule has 2 rings (SSSR count). The fourth-order valence-electron chi connectivity index (χ4n) is 2.37. The Labute approximate surface area is 141 Å². The van der Waals surface area contributed by atoms with Crippen LogP contribution in [0.4, 0.5) is 10.1 Å². The molecule has 126 valence electrons. The smallest absolute Gasteiger partial charge is 0.240 e. The molecule has 0 aliphatic carbocycles. The number of benzene rings is 2. The molecule has 24 heavy (non-hydrogen) atoms. The van der Waals surface area contributed by atoms with Gasteiger partial charge in [-0.3, -0.25) is 9.59 Å². The number of hydrogen-bond donors (Lipinski definition) is 1. The summed E-state index contributed by atoms with van der Waals surface area (Å²) >= 11 is 0. The molecule has 5 heteroatoms. The van der Waals surface area contributed by atoms with Crippen LogP contribution in [0, 0.1) is 5.82 Å². The van der Waals surface area contributed by atoms with Crippen molar-refractivity contribution in [3.63, 3.8) is 0 Å². The SMILES string of the molecule is CC(=O)N(CC(=O)NCCCc1ccccc1)c1ccc(F)cc1. The Hall–Kier alpha value is -2.69. The molecule has 0 fully saturated rings. The number of rotatable bonds is 7. The van der Waals surface area contributed by atoms with Gasteiger partial charge < -0.3 is 10.2 Å². The Kier molecular flexibility index (Phi) is 6.49. The first-order valence-electron chi connectivity index (χ1n) is 7.90. The highest BCUT2D eigenvalue weighted by molar-refractivity contribution is 5.97. The summed E-state index contributed by atoms with van der Waals surface area (Å²) in [4.78, 5) is 25.1. The largest absolute Gasteiger partial charge is 0.355 e. The Bertz CT molecular complexity index is 672. The molecule has 0 aromatic heterocycles. The van der Waals surface area contributed by atoms with Gasteiger partial charge in [0.15, 0.2) is 0 Å². The lowest BCUT2D eigenvalue weighted by molar-refractivity contribution is -0.123. The van der Waals surface area contributed by atoms with Crippen LogP contribution >= 0.6 is 0 Å². The molecule has 4 nitrogen and oxygen atoms in total. The minimum Gasteiger partial charge on any atom is -0.355 e. The second-order valence-electron chi connectivity index (χ2n) is 5.52.